The van der Waals surface area contributed by atoms with E-state index in [0.29, 0.717) is 0 Å². The summed E-state index contributed by atoms with van der Waals surface area (Å²) in [4.78, 5) is 16.2. The molecule has 0 aliphatic heterocycles. The van der Waals surface area contributed by atoms with E-state index in [0.717, 1.165) is 25.2 Å². The predicted molar refractivity (Wildman–Crippen MR) is 103 cm³/mol. The maximum atomic E-state index is 8.12. The van der Waals surface area contributed by atoms with Crippen LogP contribution in [-0.2, 0) is 16.0 Å². The fourth-order valence-electron chi connectivity index (χ4n) is 3.51. The molecule has 0 saturated heterocycles. The second-order valence-electron chi connectivity index (χ2n) is 6.50. The zero-order valence-electron chi connectivity index (χ0n) is 15.8. The third-order valence-corrected chi connectivity index (χ3v) is 5.09. The van der Waals surface area contributed by atoms with Gasteiger partial charge in [-0.05, 0) is 79.0 Å². The van der Waals surface area contributed by atoms with Gasteiger partial charge in [0.25, 0.3) is 0 Å². The molecule has 0 bridgehead atoms. The fourth-order valence-corrected chi connectivity index (χ4v) is 3.51. The SMILES string of the molecule is CCc1ccc(OCC2=C(c3ccccc3)CCC2)c(C)c1C.O=C=O. The minimum absolute atomic E-state index is 0.250. The second-order valence-corrected chi connectivity index (χ2v) is 6.50. The van der Waals surface area contributed by atoms with Crippen molar-refractivity contribution in [2.75, 3.05) is 6.61 Å². The molecule has 1 aliphatic carbocycles. The van der Waals surface area contributed by atoms with E-state index in [4.69, 9.17) is 14.3 Å². The van der Waals surface area contributed by atoms with Gasteiger partial charge in [-0.15, -0.1) is 0 Å². The maximum Gasteiger partial charge on any atom is 0.373 e. The summed E-state index contributed by atoms with van der Waals surface area (Å²) in [6.45, 7) is 7.30. The lowest BCUT2D eigenvalue weighted by Crippen LogP contribution is -2.04. The molecule has 1 aliphatic rings. The number of carbonyl (C=O) groups excluding carboxylic acids is 2. The lowest BCUT2D eigenvalue weighted by Gasteiger charge is -2.15. The van der Waals surface area contributed by atoms with Crippen molar-refractivity contribution in [3.05, 3.63) is 70.3 Å². The molecule has 0 amide bonds. The van der Waals surface area contributed by atoms with Gasteiger partial charge in [-0.1, -0.05) is 43.3 Å². The standard InChI is InChI=1S/C22H26O.CO2/c1-4-18-13-14-22(17(3)16(18)2)23-15-20-11-8-12-21(20)19-9-6-5-7-10-19;2-1-3/h5-7,9-10,13-14H,4,8,11-12,15H2,1-3H3;. The van der Waals surface area contributed by atoms with E-state index in [1.165, 1.54) is 46.2 Å². The Bertz CT molecular complexity index is 798. The van der Waals surface area contributed by atoms with Crippen LogP contribution < -0.4 is 4.74 Å². The minimum atomic E-state index is 0.250. The number of hydrogen-bond acceptors (Lipinski definition) is 3. The van der Waals surface area contributed by atoms with Gasteiger partial charge in [0.05, 0.1) is 0 Å². The largest absolute Gasteiger partial charge is 0.489 e. The van der Waals surface area contributed by atoms with Crippen molar-refractivity contribution in [3.8, 4) is 5.75 Å². The van der Waals surface area contributed by atoms with E-state index in [-0.39, 0.29) is 6.15 Å². The minimum Gasteiger partial charge on any atom is -0.489 e. The topological polar surface area (TPSA) is 43.4 Å². The molecule has 0 spiro atoms. The van der Waals surface area contributed by atoms with Crippen LogP contribution in [0.3, 0.4) is 0 Å². The van der Waals surface area contributed by atoms with Crippen molar-refractivity contribution >= 4 is 11.7 Å². The van der Waals surface area contributed by atoms with Gasteiger partial charge in [0.2, 0.25) is 0 Å². The Morgan fingerprint density at radius 3 is 2.31 bits per heavy atom. The molecule has 0 heterocycles. The van der Waals surface area contributed by atoms with Crippen LogP contribution in [0.25, 0.3) is 5.57 Å². The second kappa shape index (κ2) is 9.74. The molecular formula is C23H26O3. The lowest BCUT2D eigenvalue weighted by atomic mass is 10.0. The van der Waals surface area contributed by atoms with E-state index in [1.54, 1.807) is 0 Å². The van der Waals surface area contributed by atoms with Gasteiger partial charge in [-0.25, -0.2) is 0 Å². The summed E-state index contributed by atoms with van der Waals surface area (Å²) >= 11 is 0. The van der Waals surface area contributed by atoms with Gasteiger partial charge in [0.15, 0.2) is 0 Å². The Labute approximate surface area is 155 Å². The molecule has 3 heteroatoms. The Kier molecular flexibility index (Phi) is 7.37. The van der Waals surface area contributed by atoms with E-state index in [9.17, 15) is 0 Å². The van der Waals surface area contributed by atoms with Gasteiger partial charge < -0.3 is 4.74 Å². The Balaban J connectivity index is 0.000000758. The highest BCUT2D eigenvalue weighted by Crippen LogP contribution is 2.34. The molecule has 136 valence electrons. The number of allylic oxidation sites excluding steroid dienone is 1. The highest BCUT2D eigenvalue weighted by atomic mass is 16.5. The van der Waals surface area contributed by atoms with Gasteiger partial charge in [-0.2, -0.15) is 9.59 Å². The van der Waals surface area contributed by atoms with E-state index < -0.39 is 0 Å². The molecule has 0 unspecified atom stereocenters. The van der Waals surface area contributed by atoms with E-state index >= 15 is 0 Å². The first-order chi connectivity index (χ1) is 12.6. The first-order valence-corrected chi connectivity index (χ1v) is 9.09. The summed E-state index contributed by atoms with van der Waals surface area (Å²) in [7, 11) is 0. The average Bonchev–Trinajstić information content (AvgIpc) is 3.13. The summed E-state index contributed by atoms with van der Waals surface area (Å²) in [5.41, 5.74) is 8.38. The van der Waals surface area contributed by atoms with Crippen LogP contribution in [-0.4, -0.2) is 12.8 Å². The molecule has 0 atom stereocenters. The molecule has 0 N–H and O–H groups in total. The summed E-state index contributed by atoms with van der Waals surface area (Å²) in [5, 5.41) is 0. The number of ether oxygens (including phenoxy) is 1. The quantitative estimate of drug-likeness (QED) is 0.735. The van der Waals surface area contributed by atoms with Gasteiger partial charge >= 0.3 is 6.15 Å². The van der Waals surface area contributed by atoms with Crippen molar-refractivity contribution in [2.24, 2.45) is 0 Å². The van der Waals surface area contributed by atoms with Crippen LogP contribution in [0, 0.1) is 13.8 Å². The number of hydrogen-bond donors (Lipinski definition) is 0. The number of benzene rings is 2. The summed E-state index contributed by atoms with van der Waals surface area (Å²) in [5.74, 6) is 1.03. The van der Waals surface area contributed by atoms with Crippen molar-refractivity contribution in [1.82, 2.24) is 0 Å². The van der Waals surface area contributed by atoms with Crippen LogP contribution in [0.1, 0.15) is 48.4 Å². The van der Waals surface area contributed by atoms with Gasteiger partial charge in [0, 0.05) is 0 Å². The van der Waals surface area contributed by atoms with Crippen molar-refractivity contribution in [2.45, 2.75) is 46.5 Å². The van der Waals surface area contributed by atoms with Crippen molar-refractivity contribution < 1.29 is 14.3 Å². The normalized spacial score (nSPS) is 13.0. The van der Waals surface area contributed by atoms with E-state index in [1.807, 2.05) is 0 Å². The average molecular weight is 350 g/mol. The Morgan fingerprint density at radius 2 is 1.65 bits per heavy atom. The molecule has 0 radical (unpaired) electrons. The molecule has 0 aromatic heterocycles. The zero-order valence-corrected chi connectivity index (χ0v) is 15.8. The van der Waals surface area contributed by atoms with Crippen LogP contribution in [0.15, 0.2) is 48.0 Å². The first-order valence-electron chi connectivity index (χ1n) is 9.09. The number of aryl methyl sites for hydroxylation is 1. The van der Waals surface area contributed by atoms with Crippen LogP contribution in [0.5, 0.6) is 5.75 Å². The molecule has 26 heavy (non-hydrogen) atoms. The highest BCUT2D eigenvalue weighted by molar-refractivity contribution is 5.70. The highest BCUT2D eigenvalue weighted by Gasteiger charge is 2.17. The Hall–Kier alpha value is -2.64. The summed E-state index contributed by atoms with van der Waals surface area (Å²) in [6, 6.07) is 15.1. The lowest BCUT2D eigenvalue weighted by molar-refractivity contribution is -0.191. The maximum absolute atomic E-state index is 8.12. The fraction of sp³-hybridized carbons (Fsp3) is 0.348. The van der Waals surface area contributed by atoms with E-state index in [2.05, 4.69) is 63.2 Å². The number of rotatable bonds is 5. The molecule has 3 rings (SSSR count). The zero-order chi connectivity index (χ0) is 18.9. The van der Waals surface area contributed by atoms with Gasteiger partial charge in [-0.3, -0.25) is 0 Å². The molecule has 0 fully saturated rings. The van der Waals surface area contributed by atoms with Crippen molar-refractivity contribution in [1.29, 1.82) is 0 Å². The first kappa shape index (κ1) is 19.7. The molecular weight excluding hydrogens is 324 g/mol. The van der Waals surface area contributed by atoms with Gasteiger partial charge in [0.1, 0.15) is 12.4 Å². The van der Waals surface area contributed by atoms with Crippen LogP contribution in [0.2, 0.25) is 0 Å². The van der Waals surface area contributed by atoms with Crippen molar-refractivity contribution in [3.63, 3.8) is 0 Å². The predicted octanol–water partition coefficient (Wildman–Crippen LogP) is 5.30. The smallest absolute Gasteiger partial charge is 0.373 e. The Morgan fingerprint density at radius 1 is 0.962 bits per heavy atom. The third kappa shape index (κ3) is 4.71. The van der Waals surface area contributed by atoms with Crippen LogP contribution in [0.4, 0.5) is 0 Å². The molecule has 0 saturated carbocycles. The summed E-state index contributed by atoms with van der Waals surface area (Å²) < 4.78 is 6.19. The monoisotopic (exact) mass is 350 g/mol. The molecule has 2 aromatic rings. The summed E-state index contributed by atoms with van der Waals surface area (Å²) in [6.07, 6.45) is 4.91. The third-order valence-electron chi connectivity index (χ3n) is 5.09. The van der Waals surface area contributed by atoms with Crippen LogP contribution >= 0.6 is 0 Å². The molecule has 2 aromatic carbocycles. The molecule has 3 nitrogen and oxygen atoms in total.